The van der Waals surface area contributed by atoms with Crippen molar-refractivity contribution in [3.05, 3.63) is 51.3 Å². The van der Waals surface area contributed by atoms with Gasteiger partial charge in [-0.1, -0.05) is 18.2 Å². The summed E-state index contributed by atoms with van der Waals surface area (Å²) in [6.07, 6.45) is 2.01. The van der Waals surface area contributed by atoms with Crippen LogP contribution in [-0.4, -0.2) is 17.5 Å². The van der Waals surface area contributed by atoms with E-state index in [1.54, 1.807) is 6.92 Å². The molecule has 0 bridgehead atoms. The molecule has 0 unspecified atom stereocenters. The molecule has 0 atom stereocenters. The highest BCUT2D eigenvalue weighted by molar-refractivity contribution is 5.87. The molecule has 1 aliphatic rings. The zero-order chi connectivity index (χ0) is 14.5. The monoisotopic (exact) mass is 276 g/mol. The van der Waals surface area contributed by atoms with Gasteiger partial charge in [-0.05, 0) is 37.8 Å². The highest BCUT2D eigenvalue weighted by Crippen LogP contribution is 2.27. The van der Waals surface area contributed by atoms with Crippen LogP contribution in [0.25, 0.3) is 0 Å². The molecule has 0 aliphatic carbocycles. The van der Waals surface area contributed by atoms with Gasteiger partial charge >= 0.3 is 11.7 Å². The zero-order valence-electron chi connectivity index (χ0n) is 11.2. The average molecular weight is 276 g/mol. The maximum Gasteiger partial charge on any atom is 0.411 e. The van der Waals surface area contributed by atoms with E-state index >= 15 is 0 Å². The molecule has 6 heteroatoms. The molecule has 1 aromatic rings. The summed E-state index contributed by atoms with van der Waals surface area (Å²) < 4.78 is 4.77. The fourth-order valence-electron chi connectivity index (χ4n) is 2.23. The summed E-state index contributed by atoms with van der Waals surface area (Å²) in [4.78, 5) is 22.2. The van der Waals surface area contributed by atoms with Crippen molar-refractivity contribution >= 4 is 11.7 Å². The molecule has 0 spiro atoms. The van der Waals surface area contributed by atoms with Crippen LogP contribution in [0.5, 0.6) is 0 Å². The lowest BCUT2D eigenvalue weighted by Gasteiger charge is -2.10. The molecule has 1 aromatic carbocycles. The first-order valence-corrected chi connectivity index (χ1v) is 6.53. The largest absolute Gasteiger partial charge is 0.458 e. The zero-order valence-corrected chi connectivity index (χ0v) is 11.2. The van der Waals surface area contributed by atoms with Gasteiger partial charge in [0, 0.05) is 5.69 Å². The Morgan fingerprint density at radius 3 is 2.85 bits per heavy atom. The Labute approximate surface area is 116 Å². The molecule has 1 heterocycles. The Morgan fingerprint density at radius 1 is 1.40 bits per heavy atom. The number of carbonyl (C=O) groups is 1. The first-order valence-electron chi connectivity index (χ1n) is 6.53. The quantitative estimate of drug-likeness (QED) is 0.397. The van der Waals surface area contributed by atoms with Gasteiger partial charge in [-0.3, -0.25) is 10.1 Å². The number of anilines is 1. The number of nitro groups is 1. The van der Waals surface area contributed by atoms with Crippen LogP contribution in [0, 0.1) is 10.1 Å². The number of hydrogen-bond acceptors (Lipinski definition) is 5. The van der Waals surface area contributed by atoms with Crippen molar-refractivity contribution in [3.8, 4) is 0 Å². The van der Waals surface area contributed by atoms with Gasteiger partial charge in [-0.2, -0.15) is 0 Å². The van der Waals surface area contributed by atoms with Crippen molar-refractivity contribution in [2.75, 3.05) is 11.9 Å². The maximum atomic E-state index is 11.7. The number of ether oxygens (including phenoxy) is 1. The van der Waals surface area contributed by atoms with E-state index in [0.717, 1.165) is 24.1 Å². The highest BCUT2D eigenvalue weighted by Gasteiger charge is 2.30. The van der Waals surface area contributed by atoms with Gasteiger partial charge < -0.3 is 10.1 Å². The second kappa shape index (κ2) is 6.18. The van der Waals surface area contributed by atoms with E-state index in [2.05, 4.69) is 5.32 Å². The third-order valence-corrected chi connectivity index (χ3v) is 3.11. The van der Waals surface area contributed by atoms with Gasteiger partial charge in [0.15, 0.2) is 0 Å². The molecule has 1 aliphatic heterocycles. The normalized spacial score (nSPS) is 16.4. The number of allylic oxidation sites excluding steroid dienone is 1. The smallest absolute Gasteiger partial charge is 0.411 e. The number of rotatable bonds is 3. The van der Waals surface area contributed by atoms with Crippen LogP contribution < -0.4 is 5.32 Å². The SMILES string of the molecule is CCOC(=O)/C(=C1\CCCc2ccccc2N1)[N+](=O)[O-]. The van der Waals surface area contributed by atoms with Crippen molar-refractivity contribution in [3.63, 3.8) is 0 Å². The van der Waals surface area contributed by atoms with E-state index < -0.39 is 16.6 Å². The van der Waals surface area contributed by atoms with Crippen molar-refractivity contribution in [1.29, 1.82) is 0 Å². The van der Waals surface area contributed by atoms with Gasteiger partial charge in [0.25, 0.3) is 0 Å². The van der Waals surface area contributed by atoms with Crippen LogP contribution in [0.2, 0.25) is 0 Å². The molecule has 106 valence electrons. The minimum atomic E-state index is -0.889. The molecule has 2 rings (SSSR count). The van der Waals surface area contributed by atoms with E-state index in [1.165, 1.54) is 0 Å². The lowest BCUT2D eigenvalue weighted by atomic mass is 10.1. The lowest BCUT2D eigenvalue weighted by Crippen LogP contribution is -2.20. The lowest BCUT2D eigenvalue weighted by molar-refractivity contribution is -0.422. The predicted molar refractivity (Wildman–Crippen MR) is 73.7 cm³/mol. The third kappa shape index (κ3) is 2.96. The van der Waals surface area contributed by atoms with E-state index in [1.807, 2.05) is 24.3 Å². The van der Waals surface area contributed by atoms with Crippen molar-refractivity contribution in [2.24, 2.45) is 0 Å². The van der Waals surface area contributed by atoms with Crippen molar-refractivity contribution < 1.29 is 14.5 Å². The van der Waals surface area contributed by atoms with Crippen LogP contribution in [0.1, 0.15) is 25.3 Å². The number of carbonyl (C=O) groups excluding carboxylic acids is 1. The Bertz CT molecular complexity index is 566. The number of benzene rings is 1. The average Bonchev–Trinajstić information content (AvgIpc) is 2.60. The predicted octanol–water partition coefficient (Wildman–Crippen LogP) is 2.49. The molecule has 0 saturated carbocycles. The summed E-state index contributed by atoms with van der Waals surface area (Å²) in [6.45, 7) is 1.73. The van der Waals surface area contributed by atoms with E-state index in [-0.39, 0.29) is 6.61 Å². The van der Waals surface area contributed by atoms with Crippen LogP contribution in [-0.2, 0) is 16.0 Å². The molecular weight excluding hydrogens is 260 g/mol. The molecular formula is C14H16N2O4. The molecule has 0 saturated heterocycles. The first-order chi connectivity index (χ1) is 9.63. The van der Waals surface area contributed by atoms with Gasteiger partial charge in [-0.25, -0.2) is 4.79 Å². The van der Waals surface area contributed by atoms with Crippen LogP contribution in [0.3, 0.4) is 0 Å². The summed E-state index contributed by atoms with van der Waals surface area (Å²) in [5.41, 5.74) is 1.72. The van der Waals surface area contributed by atoms with Crippen LogP contribution in [0.15, 0.2) is 35.7 Å². The van der Waals surface area contributed by atoms with Crippen LogP contribution in [0.4, 0.5) is 5.69 Å². The number of aryl methyl sites for hydroxylation is 1. The first kappa shape index (κ1) is 14.0. The second-order valence-corrected chi connectivity index (χ2v) is 4.44. The summed E-state index contributed by atoms with van der Waals surface area (Å²) in [5.74, 6) is -0.889. The van der Waals surface area contributed by atoms with E-state index in [4.69, 9.17) is 4.74 Å². The maximum absolute atomic E-state index is 11.7. The molecule has 6 nitrogen and oxygen atoms in total. The fourth-order valence-corrected chi connectivity index (χ4v) is 2.23. The summed E-state index contributed by atoms with van der Waals surface area (Å²) in [7, 11) is 0. The second-order valence-electron chi connectivity index (χ2n) is 4.44. The van der Waals surface area contributed by atoms with Crippen molar-refractivity contribution in [2.45, 2.75) is 26.2 Å². The Hall–Kier alpha value is -2.37. The Balaban J connectivity index is 2.40. The summed E-state index contributed by atoms with van der Waals surface area (Å²) >= 11 is 0. The summed E-state index contributed by atoms with van der Waals surface area (Å²) in [6, 6.07) is 7.60. The molecule has 20 heavy (non-hydrogen) atoms. The molecule has 1 N–H and O–H groups in total. The highest BCUT2D eigenvalue weighted by atomic mass is 16.6. The molecule has 0 aromatic heterocycles. The molecule has 0 fully saturated rings. The number of nitrogens with one attached hydrogen (secondary N) is 1. The Kier molecular flexibility index (Phi) is 4.34. The third-order valence-electron chi connectivity index (χ3n) is 3.11. The Morgan fingerprint density at radius 2 is 2.15 bits per heavy atom. The van der Waals surface area contributed by atoms with Gasteiger partial charge in [-0.15, -0.1) is 0 Å². The standard InChI is InChI=1S/C14H16N2O4/c1-2-20-14(17)13(16(18)19)12-9-5-7-10-6-3-4-8-11(10)15-12/h3-4,6,8,15H,2,5,7,9H2,1H3/b13-12-. The number of fused-ring (bicyclic) bond motifs is 1. The number of nitrogens with zero attached hydrogens (tertiary/aromatic N) is 1. The van der Waals surface area contributed by atoms with E-state index in [0.29, 0.717) is 12.1 Å². The van der Waals surface area contributed by atoms with E-state index in [9.17, 15) is 14.9 Å². The van der Waals surface area contributed by atoms with Crippen molar-refractivity contribution in [1.82, 2.24) is 0 Å². The minimum absolute atomic E-state index is 0.111. The molecule has 0 amide bonds. The minimum Gasteiger partial charge on any atom is -0.458 e. The van der Waals surface area contributed by atoms with Crippen LogP contribution >= 0.6 is 0 Å². The van der Waals surface area contributed by atoms with Gasteiger partial charge in [0.1, 0.15) is 5.70 Å². The fraction of sp³-hybridized carbons (Fsp3) is 0.357. The number of para-hydroxylation sites is 1. The van der Waals surface area contributed by atoms with Gasteiger partial charge in [0.05, 0.1) is 11.5 Å². The number of hydrogen-bond donors (Lipinski definition) is 1. The molecule has 0 radical (unpaired) electrons. The number of esters is 1. The topological polar surface area (TPSA) is 81.5 Å². The summed E-state index contributed by atoms with van der Waals surface area (Å²) in [5, 5.41) is 14.2. The van der Waals surface area contributed by atoms with Gasteiger partial charge in [0.2, 0.25) is 0 Å².